The van der Waals surface area contributed by atoms with E-state index in [1.807, 2.05) is 6.08 Å². The molecule has 0 saturated heterocycles. The number of carbonyl (C=O) groups is 1. The molecule has 4 rings (SSSR count). The van der Waals surface area contributed by atoms with Gasteiger partial charge in [0, 0.05) is 5.41 Å². The molecule has 1 unspecified atom stereocenters. The van der Waals surface area contributed by atoms with Crippen LogP contribution in [0.2, 0.25) is 0 Å². The minimum absolute atomic E-state index is 0.0464. The zero-order valence-corrected chi connectivity index (χ0v) is 16.0. The third kappa shape index (κ3) is 2.38. The van der Waals surface area contributed by atoms with Crippen LogP contribution < -0.4 is 5.73 Å². The maximum atomic E-state index is 12.2. The summed E-state index contributed by atoms with van der Waals surface area (Å²) in [5.74, 6) is 5.06. The van der Waals surface area contributed by atoms with Gasteiger partial charge in [-0.25, -0.2) is 0 Å². The third-order valence-corrected chi connectivity index (χ3v) is 8.81. The second-order valence-electron chi connectivity index (χ2n) is 9.31. The van der Waals surface area contributed by atoms with Crippen molar-refractivity contribution in [3.63, 3.8) is 0 Å². The van der Waals surface area contributed by atoms with Gasteiger partial charge in [-0.05, 0) is 94.1 Å². The van der Waals surface area contributed by atoms with Crippen LogP contribution in [0.1, 0.15) is 64.7 Å². The highest BCUT2D eigenvalue weighted by molar-refractivity contribution is 5.95. The van der Waals surface area contributed by atoms with Crippen molar-refractivity contribution in [2.24, 2.45) is 40.7 Å². The van der Waals surface area contributed by atoms with Crippen LogP contribution in [0.3, 0.4) is 0 Å². The number of ketones is 1. The molecule has 0 amide bonds. The summed E-state index contributed by atoms with van der Waals surface area (Å²) in [6.45, 7) is 2.84. The Morgan fingerprint density at radius 1 is 1.31 bits per heavy atom. The summed E-state index contributed by atoms with van der Waals surface area (Å²) >= 11 is 0. The van der Waals surface area contributed by atoms with Crippen LogP contribution in [0.4, 0.5) is 0 Å². The summed E-state index contributed by atoms with van der Waals surface area (Å²) in [5, 5.41) is 11.5. The van der Waals surface area contributed by atoms with Gasteiger partial charge in [0.15, 0.2) is 5.78 Å². The molecule has 4 aliphatic rings. The highest BCUT2D eigenvalue weighted by Crippen LogP contribution is 2.66. The van der Waals surface area contributed by atoms with E-state index in [0.717, 1.165) is 51.4 Å². The number of hydrogen-bond acceptors (Lipinski definition) is 3. The number of fused-ring (bicyclic) bond motifs is 5. The van der Waals surface area contributed by atoms with Crippen LogP contribution in [0, 0.1) is 47.3 Å². The normalized spacial score (nSPS) is 47.4. The predicted octanol–water partition coefficient (Wildman–Crippen LogP) is 3.46. The molecular weight excluding hydrogens is 322 g/mol. The average Bonchev–Trinajstić information content (AvgIpc) is 2.94. The van der Waals surface area contributed by atoms with E-state index in [2.05, 4.69) is 12.8 Å². The number of hydrogen-bond donors (Lipinski definition) is 2. The highest BCUT2D eigenvalue weighted by Gasteiger charge is 2.63. The second kappa shape index (κ2) is 6.50. The summed E-state index contributed by atoms with van der Waals surface area (Å²) in [4.78, 5) is 12.2. The predicted molar refractivity (Wildman–Crippen MR) is 103 cm³/mol. The molecule has 7 atom stereocenters. The molecule has 0 bridgehead atoms. The van der Waals surface area contributed by atoms with E-state index in [0.29, 0.717) is 30.2 Å². The Labute approximate surface area is 157 Å². The van der Waals surface area contributed by atoms with Crippen LogP contribution in [-0.2, 0) is 4.79 Å². The van der Waals surface area contributed by atoms with Crippen molar-refractivity contribution in [2.45, 2.75) is 70.3 Å². The van der Waals surface area contributed by atoms with Gasteiger partial charge in [-0.3, -0.25) is 4.79 Å². The fourth-order valence-corrected chi connectivity index (χ4v) is 7.64. The topological polar surface area (TPSA) is 63.3 Å². The molecule has 3 heteroatoms. The number of carbonyl (C=O) groups excluding carboxylic acids is 1. The smallest absolute Gasteiger partial charge is 0.170 e. The number of allylic oxidation sites excluding steroid dienone is 1. The van der Waals surface area contributed by atoms with Crippen molar-refractivity contribution in [3.8, 4) is 12.3 Å². The monoisotopic (exact) mass is 355 g/mol. The van der Waals surface area contributed by atoms with Gasteiger partial charge in [0.2, 0.25) is 0 Å². The Kier molecular flexibility index (Phi) is 4.56. The molecule has 0 heterocycles. The maximum absolute atomic E-state index is 12.2. The standard InChI is InChI=1S/C23H33NO2/c1-3-15-13-19-16(14-21(15)25)5-6-18-17(19)7-9-22(4-2)20(18)8-10-23(22,26)11-12-24/h1,14-15,17-20,26H,4-13,24H2,2H3/t15?,17-,18+,19-,20-,22-,23+/m0/s1. The van der Waals surface area contributed by atoms with Crippen molar-refractivity contribution in [1.29, 1.82) is 0 Å². The highest BCUT2D eigenvalue weighted by atomic mass is 16.3. The van der Waals surface area contributed by atoms with Crippen molar-refractivity contribution < 1.29 is 9.90 Å². The first-order chi connectivity index (χ1) is 12.5. The van der Waals surface area contributed by atoms with Crippen LogP contribution >= 0.6 is 0 Å². The van der Waals surface area contributed by atoms with Gasteiger partial charge < -0.3 is 10.8 Å². The molecule has 3 N–H and O–H groups in total. The fourth-order valence-electron chi connectivity index (χ4n) is 7.64. The van der Waals surface area contributed by atoms with Gasteiger partial charge in [-0.1, -0.05) is 18.4 Å². The molecular formula is C23H33NO2. The number of terminal acetylenes is 1. The number of nitrogens with two attached hydrogens (primary N) is 1. The second-order valence-corrected chi connectivity index (χ2v) is 9.31. The molecule has 0 aliphatic heterocycles. The van der Waals surface area contributed by atoms with Gasteiger partial charge in [-0.15, -0.1) is 6.42 Å². The van der Waals surface area contributed by atoms with Crippen LogP contribution in [0.15, 0.2) is 11.6 Å². The molecule has 4 aliphatic carbocycles. The Hall–Kier alpha value is -1.11. The first-order valence-corrected chi connectivity index (χ1v) is 10.6. The third-order valence-electron chi connectivity index (χ3n) is 8.81. The fraction of sp³-hybridized carbons (Fsp3) is 0.783. The van der Waals surface area contributed by atoms with E-state index in [1.165, 1.54) is 12.0 Å². The molecule has 3 saturated carbocycles. The van der Waals surface area contributed by atoms with E-state index in [4.69, 9.17) is 12.2 Å². The van der Waals surface area contributed by atoms with Crippen LogP contribution in [0.25, 0.3) is 0 Å². The molecule has 3 fully saturated rings. The minimum Gasteiger partial charge on any atom is -0.389 e. The quantitative estimate of drug-likeness (QED) is 0.762. The lowest BCUT2D eigenvalue weighted by molar-refractivity contribution is -0.134. The SMILES string of the molecule is C#CC1C[C@H]2C(=CC1=O)CC[C@@H]1[C@@H]2CC[C@@]2(CC)[C@H]1CC[C@@]2(O)CCN. The van der Waals surface area contributed by atoms with E-state index in [9.17, 15) is 9.90 Å². The average molecular weight is 356 g/mol. The number of aliphatic hydroxyl groups is 1. The molecule has 0 aromatic carbocycles. The van der Waals surface area contributed by atoms with Crippen molar-refractivity contribution in [2.75, 3.05) is 6.54 Å². The summed E-state index contributed by atoms with van der Waals surface area (Å²) in [5.41, 5.74) is 6.71. The molecule has 0 aromatic heterocycles. The lowest BCUT2D eigenvalue weighted by atomic mass is 9.49. The summed E-state index contributed by atoms with van der Waals surface area (Å²) < 4.78 is 0. The zero-order chi connectivity index (χ0) is 18.5. The molecule has 142 valence electrons. The largest absolute Gasteiger partial charge is 0.389 e. The van der Waals surface area contributed by atoms with Gasteiger partial charge in [0.05, 0.1) is 11.5 Å². The summed E-state index contributed by atoms with van der Waals surface area (Å²) in [6, 6.07) is 0. The van der Waals surface area contributed by atoms with Crippen molar-refractivity contribution >= 4 is 5.78 Å². The van der Waals surface area contributed by atoms with E-state index in [-0.39, 0.29) is 17.1 Å². The zero-order valence-electron chi connectivity index (χ0n) is 16.0. The molecule has 0 radical (unpaired) electrons. The maximum Gasteiger partial charge on any atom is 0.170 e. The Morgan fingerprint density at radius 3 is 2.81 bits per heavy atom. The van der Waals surface area contributed by atoms with Gasteiger partial charge in [0.25, 0.3) is 0 Å². The lowest BCUT2D eigenvalue weighted by Gasteiger charge is -2.57. The molecule has 26 heavy (non-hydrogen) atoms. The number of rotatable bonds is 3. The first kappa shape index (κ1) is 18.3. The lowest BCUT2D eigenvalue weighted by Crippen LogP contribution is -2.54. The van der Waals surface area contributed by atoms with E-state index >= 15 is 0 Å². The van der Waals surface area contributed by atoms with E-state index in [1.54, 1.807) is 0 Å². The first-order valence-electron chi connectivity index (χ1n) is 10.6. The Bertz CT molecular complexity index is 662. The van der Waals surface area contributed by atoms with E-state index < -0.39 is 5.60 Å². The Morgan fingerprint density at radius 2 is 2.12 bits per heavy atom. The molecule has 0 aromatic rings. The van der Waals surface area contributed by atoms with Crippen LogP contribution in [-0.4, -0.2) is 23.0 Å². The van der Waals surface area contributed by atoms with Crippen molar-refractivity contribution in [1.82, 2.24) is 0 Å². The Balaban J connectivity index is 1.64. The summed E-state index contributed by atoms with van der Waals surface area (Å²) in [6.07, 6.45) is 16.7. The van der Waals surface area contributed by atoms with Gasteiger partial charge in [-0.2, -0.15) is 0 Å². The van der Waals surface area contributed by atoms with Crippen LogP contribution in [0.5, 0.6) is 0 Å². The van der Waals surface area contributed by atoms with Gasteiger partial charge >= 0.3 is 0 Å². The van der Waals surface area contributed by atoms with Gasteiger partial charge in [0.1, 0.15) is 0 Å². The minimum atomic E-state index is -0.577. The van der Waals surface area contributed by atoms with Crippen molar-refractivity contribution in [3.05, 3.63) is 11.6 Å². The molecule has 0 spiro atoms. The summed E-state index contributed by atoms with van der Waals surface area (Å²) in [7, 11) is 0. The molecule has 3 nitrogen and oxygen atoms in total.